The Morgan fingerprint density at radius 1 is 1.48 bits per heavy atom. The van der Waals surface area contributed by atoms with Crippen molar-refractivity contribution < 1.29 is 9.53 Å². The first-order valence-electron chi connectivity index (χ1n) is 7.45. The van der Waals surface area contributed by atoms with Crippen LogP contribution in [0, 0.1) is 5.92 Å². The minimum absolute atomic E-state index is 0.00300. The normalized spacial score (nSPS) is 18.8. The van der Waals surface area contributed by atoms with Crippen molar-refractivity contribution >= 4 is 5.91 Å². The summed E-state index contributed by atoms with van der Waals surface area (Å²) in [5, 5.41) is 12.0. The SMILES string of the molecule is CCC(c1nnnn1CCOC)N1CCC(C(N)=O)CC1. The van der Waals surface area contributed by atoms with E-state index in [0.29, 0.717) is 13.2 Å². The smallest absolute Gasteiger partial charge is 0.220 e. The standard InChI is InChI=1S/C13H24N6O2/c1-3-11(13-15-16-17-19(13)8-9-21-2)18-6-4-10(5-7-18)12(14)20/h10-11H,3-9H2,1-2H3,(H2,14,20). The van der Waals surface area contributed by atoms with Crippen LogP contribution >= 0.6 is 0 Å². The zero-order valence-electron chi connectivity index (χ0n) is 12.7. The van der Waals surface area contributed by atoms with Gasteiger partial charge >= 0.3 is 0 Å². The molecule has 1 amide bonds. The van der Waals surface area contributed by atoms with Crippen LogP contribution in [0.2, 0.25) is 0 Å². The third kappa shape index (κ3) is 3.76. The zero-order valence-corrected chi connectivity index (χ0v) is 12.7. The fourth-order valence-electron chi connectivity index (χ4n) is 2.89. The maximum Gasteiger partial charge on any atom is 0.220 e. The van der Waals surface area contributed by atoms with E-state index < -0.39 is 0 Å². The van der Waals surface area contributed by atoms with Gasteiger partial charge in [0.2, 0.25) is 5.91 Å². The van der Waals surface area contributed by atoms with Gasteiger partial charge in [0.25, 0.3) is 0 Å². The maximum absolute atomic E-state index is 11.3. The zero-order chi connectivity index (χ0) is 15.2. The van der Waals surface area contributed by atoms with Gasteiger partial charge in [-0.2, -0.15) is 0 Å². The largest absolute Gasteiger partial charge is 0.383 e. The van der Waals surface area contributed by atoms with Crippen LogP contribution in [0.5, 0.6) is 0 Å². The molecule has 0 radical (unpaired) electrons. The Balaban J connectivity index is 2.03. The Kier molecular flexibility index (Phi) is 5.63. The van der Waals surface area contributed by atoms with Crippen LogP contribution in [0.1, 0.15) is 38.1 Å². The van der Waals surface area contributed by atoms with Crippen molar-refractivity contribution in [2.45, 2.75) is 38.8 Å². The molecule has 0 bridgehead atoms. The summed E-state index contributed by atoms with van der Waals surface area (Å²) in [5.74, 6) is 0.683. The molecule has 118 valence electrons. The lowest BCUT2D eigenvalue weighted by Gasteiger charge is -2.35. The summed E-state index contributed by atoms with van der Waals surface area (Å²) in [7, 11) is 1.66. The number of rotatable bonds is 7. The Morgan fingerprint density at radius 3 is 2.76 bits per heavy atom. The Morgan fingerprint density at radius 2 is 2.19 bits per heavy atom. The summed E-state index contributed by atoms with van der Waals surface area (Å²) < 4.78 is 6.89. The van der Waals surface area contributed by atoms with Gasteiger partial charge in [-0.15, -0.1) is 5.10 Å². The first-order chi connectivity index (χ1) is 10.2. The first-order valence-corrected chi connectivity index (χ1v) is 7.45. The highest BCUT2D eigenvalue weighted by Gasteiger charge is 2.30. The van der Waals surface area contributed by atoms with E-state index in [-0.39, 0.29) is 17.9 Å². The van der Waals surface area contributed by atoms with Crippen LogP contribution in [0.25, 0.3) is 0 Å². The van der Waals surface area contributed by atoms with Gasteiger partial charge in [-0.3, -0.25) is 9.69 Å². The molecule has 1 unspecified atom stereocenters. The van der Waals surface area contributed by atoms with E-state index in [1.165, 1.54) is 0 Å². The molecule has 1 aromatic heterocycles. The molecule has 1 aliphatic rings. The van der Waals surface area contributed by atoms with Gasteiger partial charge < -0.3 is 10.5 Å². The number of ether oxygens (including phenoxy) is 1. The molecule has 0 aliphatic carbocycles. The average molecular weight is 296 g/mol. The maximum atomic E-state index is 11.3. The molecule has 8 heteroatoms. The highest BCUT2D eigenvalue weighted by molar-refractivity contribution is 5.76. The molecule has 0 saturated carbocycles. The highest BCUT2D eigenvalue weighted by atomic mass is 16.5. The van der Waals surface area contributed by atoms with Crippen LogP contribution in [0.3, 0.4) is 0 Å². The molecule has 1 fully saturated rings. The minimum atomic E-state index is -0.187. The van der Waals surface area contributed by atoms with Crippen LogP contribution in [0.4, 0.5) is 0 Å². The third-order valence-electron chi connectivity index (χ3n) is 4.12. The number of methoxy groups -OCH3 is 1. The fourth-order valence-corrected chi connectivity index (χ4v) is 2.89. The van der Waals surface area contributed by atoms with Crippen LogP contribution < -0.4 is 5.73 Å². The predicted molar refractivity (Wildman–Crippen MR) is 76.2 cm³/mol. The monoisotopic (exact) mass is 296 g/mol. The molecule has 2 rings (SSSR count). The summed E-state index contributed by atoms with van der Waals surface area (Å²) in [6.45, 7) is 5.05. The Bertz CT molecular complexity index is 455. The third-order valence-corrected chi connectivity index (χ3v) is 4.12. The second kappa shape index (κ2) is 7.46. The number of carbonyl (C=O) groups excluding carboxylic acids is 1. The van der Waals surface area contributed by atoms with E-state index in [1.807, 2.05) is 0 Å². The molecule has 2 heterocycles. The second-order valence-electron chi connectivity index (χ2n) is 5.39. The second-order valence-corrected chi connectivity index (χ2v) is 5.39. The van der Waals surface area contributed by atoms with Crippen LogP contribution in [-0.2, 0) is 16.1 Å². The number of likely N-dealkylation sites (tertiary alicyclic amines) is 1. The molecular weight excluding hydrogens is 272 g/mol. The number of nitrogens with zero attached hydrogens (tertiary/aromatic N) is 5. The summed E-state index contributed by atoms with van der Waals surface area (Å²) in [6, 6.07) is 0.172. The number of amides is 1. The van der Waals surface area contributed by atoms with Gasteiger partial charge in [0.1, 0.15) is 0 Å². The van der Waals surface area contributed by atoms with E-state index in [1.54, 1.807) is 11.8 Å². The molecular formula is C13H24N6O2. The van der Waals surface area contributed by atoms with Crippen molar-refractivity contribution in [3.05, 3.63) is 5.82 Å². The number of tetrazole rings is 1. The van der Waals surface area contributed by atoms with Crippen molar-refractivity contribution in [2.24, 2.45) is 11.7 Å². The average Bonchev–Trinajstić information content (AvgIpc) is 2.95. The van der Waals surface area contributed by atoms with Gasteiger partial charge in [-0.05, 0) is 42.8 Å². The molecule has 8 nitrogen and oxygen atoms in total. The lowest BCUT2D eigenvalue weighted by atomic mass is 9.94. The Labute approximate surface area is 124 Å². The van der Waals surface area contributed by atoms with Crippen LogP contribution in [-0.4, -0.2) is 57.8 Å². The summed E-state index contributed by atoms with van der Waals surface area (Å²) in [4.78, 5) is 13.6. The van der Waals surface area contributed by atoms with Crippen molar-refractivity contribution in [3.8, 4) is 0 Å². The fraction of sp³-hybridized carbons (Fsp3) is 0.846. The molecule has 1 aromatic rings. The first kappa shape index (κ1) is 15.8. The van der Waals surface area contributed by atoms with E-state index in [2.05, 4.69) is 27.3 Å². The van der Waals surface area contributed by atoms with E-state index in [4.69, 9.17) is 10.5 Å². The summed E-state index contributed by atoms with van der Waals surface area (Å²) in [5.41, 5.74) is 5.39. The molecule has 1 saturated heterocycles. The molecule has 1 aliphatic heterocycles. The number of aromatic nitrogens is 4. The van der Waals surface area contributed by atoms with Gasteiger partial charge in [-0.1, -0.05) is 6.92 Å². The molecule has 21 heavy (non-hydrogen) atoms. The molecule has 0 spiro atoms. The molecule has 2 N–H and O–H groups in total. The number of hydrogen-bond donors (Lipinski definition) is 1. The summed E-state index contributed by atoms with van der Waals surface area (Å²) in [6.07, 6.45) is 2.55. The summed E-state index contributed by atoms with van der Waals surface area (Å²) >= 11 is 0. The lowest BCUT2D eigenvalue weighted by molar-refractivity contribution is -0.123. The molecule has 0 aromatic carbocycles. The van der Waals surface area contributed by atoms with Crippen molar-refractivity contribution in [1.82, 2.24) is 25.1 Å². The number of piperidine rings is 1. The minimum Gasteiger partial charge on any atom is -0.383 e. The number of hydrogen-bond acceptors (Lipinski definition) is 6. The van der Waals surface area contributed by atoms with Crippen molar-refractivity contribution in [1.29, 1.82) is 0 Å². The lowest BCUT2D eigenvalue weighted by Crippen LogP contribution is -2.41. The van der Waals surface area contributed by atoms with E-state index in [0.717, 1.165) is 38.2 Å². The Hall–Kier alpha value is -1.54. The van der Waals surface area contributed by atoms with E-state index >= 15 is 0 Å². The van der Waals surface area contributed by atoms with Gasteiger partial charge in [0.05, 0.1) is 19.2 Å². The number of carbonyl (C=O) groups is 1. The van der Waals surface area contributed by atoms with Gasteiger partial charge in [0, 0.05) is 13.0 Å². The van der Waals surface area contributed by atoms with E-state index in [9.17, 15) is 4.79 Å². The van der Waals surface area contributed by atoms with Crippen molar-refractivity contribution in [3.63, 3.8) is 0 Å². The van der Waals surface area contributed by atoms with Gasteiger partial charge in [-0.25, -0.2) is 4.68 Å². The number of primary amides is 1. The van der Waals surface area contributed by atoms with Gasteiger partial charge in [0.15, 0.2) is 5.82 Å². The van der Waals surface area contributed by atoms with Crippen molar-refractivity contribution in [2.75, 3.05) is 26.8 Å². The topological polar surface area (TPSA) is 99.2 Å². The molecule has 1 atom stereocenters. The van der Waals surface area contributed by atoms with Crippen LogP contribution in [0.15, 0.2) is 0 Å². The quantitative estimate of drug-likeness (QED) is 0.758. The predicted octanol–water partition coefficient (Wildman–Crippen LogP) is -0.0321. The highest BCUT2D eigenvalue weighted by Crippen LogP contribution is 2.27. The number of nitrogens with two attached hydrogens (primary N) is 1.